The zero-order valence-corrected chi connectivity index (χ0v) is 11.4. The Morgan fingerprint density at radius 3 is 2.61 bits per heavy atom. The number of aryl methyl sites for hydroxylation is 2. The van der Waals surface area contributed by atoms with Gasteiger partial charge in [-0.15, -0.1) is 0 Å². The highest BCUT2D eigenvalue weighted by atomic mass is 16.3. The first-order valence-corrected chi connectivity index (χ1v) is 6.33. The lowest BCUT2D eigenvalue weighted by molar-refractivity contribution is 0.424. The van der Waals surface area contributed by atoms with Crippen molar-refractivity contribution >= 4 is 0 Å². The highest BCUT2D eigenvalue weighted by Crippen LogP contribution is 2.27. The van der Waals surface area contributed by atoms with Crippen LogP contribution < -0.4 is 0 Å². The molecule has 0 amide bonds. The summed E-state index contributed by atoms with van der Waals surface area (Å²) in [4.78, 5) is 0. The molecule has 1 aromatic carbocycles. The monoisotopic (exact) mass is 244 g/mol. The maximum atomic E-state index is 10.3. The lowest BCUT2D eigenvalue weighted by atomic mass is 10.0. The fourth-order valence-corrected chi connectivity index (χ4v) is 2.13. The van der Waals surface area contributed by atoms with Crippen LogP contribution in [-0.2, 0) is 6.42 Å². The average molecular weight is 244 g/mol. The smallest absolute Gasteiger partial charge is 0.217 e. The largest absolute Gasteiger partial charge is 0.493 e. The summed E-state index contributed by atoms with van der Waals surface area (Å²) in [6.45, 7) is 8.27. The predicted octanol–water partition coefficient (Wildman–Crippen LogP) is 3.39. The van der Waals surface area contributed by atoms with Crippen LogP contribution in [0.3, 0.4) is 0 Å². The first kappa shape index (κ1) is 12.7. The summed E-state index contributed by atoms with van der Waals surface area (Å²) in [5.41, 5.74) is 3.92. The van der Waals surface area contributed by atoms with Crippen molar-refractivity contribution in [1.29, 1.82) is 0 Å². The van der Waals surface area contributed by atoms with Gasteiger partial charge in [0.25, 0.3) is 0 Å². The highest BCUT2D eigenvalue weighted by Gasteiger charge is 2.16. The minimum absolute atomic E-state index is 0.270. The van der Waals surface area contributed by atoms with Gasteiger partial charge in [0.2, 0.25) is 5.88 Å². The van der Waals surface area contributed by atoms with Crippen LogP contribution in [-0.4, -0.2) is 14.9 Å². The Labute approximate surface area is 108 Å². The molecule has 0 saturated carbocycles. The molecule has 0 aliphatic rings. The van der Waals surface area contributed by atoms with Crippen molar-refractivity contribution in [2.75, 3.05) is 0 Å². The van der Waals surface area contributed by atoms with Crippen molar-refractivity contribution in [3.63, 3.8) is 0 Å². The summed E-state index contributed by atoms with van der Waals surface area (Å²) in [5.74, 6) is 0.775. The van der Waals surface area contributed by atoms with Gasteiger partial charge >= 0.3 is 0 Å². The van der Waals surface area contributed by atoms with Crippen molar-refractivity contribution in [2.45, 2.75) is 34.1 Å². The van der Waals surface area contributed by atoms with Crippen molar-refractivity contribution in [1.82, 2.24) is 9.78 Å². The van der Waals surface area contributed by atoms with Gasteiger partial charge in [-0.05, 0) is 43.9 Å². The summed E-state index contributed by atoms with van der Waals surface area (Å²) in [6, 6.07) is 7.98. The van der Waals surface area contributed by atoms with E-state index in [0.29, 0.717) is 5.92 Å². The minimum Gasteiger partial charge on any atom is -0.493 e. The Kier molecular flexibility index (Phi) is 3.41. The van der Waals surface area contributed by atoms with Crippen LogP contribution in [0.4, 0.5) is 0 Å². The van der Waals surface area contributed by atoms with Crippen molar-refractivity contribution in [3.05, 3.63) is 41.1 Å². The van der Waals surface area contributed by atoms with Crippen LogP contribution >= 0.6 is 0 Å². The number of aromatic hydroxyl groups is 1. The maximum Gasteiger partial charge on any atom is 0.217 e. The van der Waals surface area contributed by atoms with Gasteiger partial charge in [-0.3, -0.25) is 0 Å². The SMILES string of the molecule is Cc1cccc(-n2nc(C)c(CC(C)C)c2O)c1. The van der Waals surface area contributed by atoms with Gasteiger partial charge in [-0.2, -0.15) is 5.10 Å². The number of hydrogen-bond acceptors (Lipinski definition) is 2. The third-order valence-electron chi connectivity index (χ3n) is 3.02. The predicted molar refractivity (Wildman–Crippen MR) is 73.2 cm³/mol. The third kappa shape index (κ3) is 2.40. The standard InChI is InChI=1S/C15H20N2O/c1-10(2)8-14-12(4)16-17(15(14)18)13-7-5-6-11(3)9-13/h5-7,9-10,18H,8H2,1-4H3. The molecule has 1 heterocycles. The minimum atomic E-state index is 0.270. The molecule has 2 rings (SSSR count). The fraction of sp³-hybridized carbons (Fsp3) is 0.400. The van der Waals surface area contributed by atoms with Gasteiger partial charge in [0.05, 0.1) is 11.4 Å². The molecule has 0 bridgehead atoms. The Hall–Kier alpha value is -1.77. The van der Waals surface area contributed by atoms with E-state index in [1.807, 2.05) is 38.1 Å². The highest BCUT2D eigenvalue weighted by molar-refractivity contribution is 5.42. The lowest BCUT2D eigenvalue weighted by Gasteiger charge is -2.06. The molecule has 0 aliphatic heterocycles. The second-order valence-electron chi connectivity index (χ2n) is 5.24. The van der Waals surface area contributed by atoms with Gasteiger partial charge in [-0.1, -0.05) is 26.0 Å². The van der Waals surface area contributed by atoms with E-state index >= 15 is 0 Å². The first-order chi connectivity index (χ1) is 8.49. The molecule has 1 N–H and O–H groups in total. The van der Waals surface area contributed by atoms with Crippen LogP contribution in [0.2, 0.25) is 0 Å². The molecule has 0 radical (unpaired) electrons. The third-order valence-corrected chi connectivity index (χ3v) is 3.02. The lowest BCUT2D eigenvalue weighted by Crippen LogP contribution is -1.97. The van der Waals surface area contributed by atoms with Crippen LogP contribution in [0.1, 0.15) is 30.7 Å². The van der Waals surface area contributed by atoms with Gasteiger partial charge in [0.15, 0.2) is 0 Å². The average Bonchev–Trinajstić information content (AvgIpc) is 2.56. The molecule has 2 aromatic rings. The zero-order valence-electron chi connectivity index (χ0n) is 11.4. The van der Waals surface area contributed by atoms with Gasteiger partial charge in [-0.25, -0.2) is 4.68 Å². The second-order valence-corrected chi connectivity index (χ2v) is 5.24. The summed E-state index contributed by atoms with van der Waals surface area (Å²) >= 11 is 0. The Balaban J connectivity index is 2.47. The molecule has 18 heavy (non-hydrogen) atoms. The van der Waals surface area contributed by atoms with Crippen molar-refractivity contribution < 1.29 is 5.11 Å². The number of aromatic nitrogens is 2. The quantitative estimate of drug-likeness (QED) is 0.898. The zero-order chi connectivity index (χ0) is 13.3. The molecule has 96 valence electrons. The van der Waals surface area contributed by atoms with Gasteiger partial charge < -0.3 is 5.11 Å². The summed E-state index contributed by atoms with van der Waals surface area (Å²) in [5, 5.41) is 14.7. The van der Waals surface area contributed by atoms with Gasteiger partial charge in [0, 0.05) is 5.56 Å². The molecule has 0 aliphatic carbocycles. The Bertz CT molecular complexity index is 556. The molecule has 3 heteroatoms. The number of hydrogen-bond donors (Lipinski definition) is 1. The Morgan fingerprint density at radius 2 is 2.00 bits per heavy atom. The molecule has 0 unspecified atom stereocenters. The molecule has 0 saturated heterocycles. The van der Waals surface area contributed by atoms with E-state index in [4.69, 9.17) is 0 Å². The first-order valence-electron chi connectivity index (χ1n) is 6.33. The van der Waals surface area contributed by atoms with E-state index in [2.05, 4.69) is 18.9 Å². The van der Waals surface area contributed by atoms with Crippen LogP contribution in [0.5, 0.6) is 5.88 Å². The molecule has 0 atom stereocenters. The summed E-state index contributed by atoms with van der Waals surface area (Å²) < 4.78 is 1.63. The summed E-state index contributed by atoms with van der Waals surface area (Å²) in [7, 11) is 0. The fourth-order valence-electron chi connectivity index (χ4n) is 2.13. The summed E-state index contributed by atoms with van der Waals surface area (Å²) in [6.07, 6.45) is 0.851. The normalized spacial score (nSPS) is 11.2. The van der Waals surface area contributed by atoms with E-state index in [1.54, 1.807) is 4.68 Å². The van der Waals surface area contributed by atoms with Crippen LogP contribution in [0, 0.1) is 19.8 Å². The Morgan fingerprint density at radius 1 is 1.28 bits per heavy atom. The second kappa shape index (κ2) is 4.84. The number of benzene rings is 1. The molecule has 0 spiro atoms. The van der Waals surface area contributed by atoms with E-state index in [0.717, 1.165) is 28.9 Å². The van der Waals surface area contributed by atoms with Crippen molar-refractivity contribution in [3.8, 4) is 11.6 Å². The van der Waals surface area contributed by atoms with E-state index in [-0.39, 0.29) is 5.88 Å². The van der Waals surface area contributed by atoms with E-state index in [1.165, 1.54) is 0 Å². The van der Waals surface area contributed by atoms with Gasteiger partial charge in [0.1, 0.15) is 0 Å². The van der Waals surface area contributed by atoms with E-state index in [9.17, 15) is 5.11 Å². The van der Waals surface area contributed by atoms with Crippen LogP contribution in [0.25, 0.3) is 5.69 Å². The van der Waals surface area contributed by atoms with Crippen molar-refractivity contribution in [2.24, 2.45) is 5.92 Å². The molecule has 1 aromatic heterocycles. The number of nitrogens with zero attached hydrogens (tertiary/aromatic N) is 2. The van der Waals surface area contributed by atoms with E-state index < -0.39 is 0 Å². The maximum absolute atomic E-state index is 10.3. The molecule has 3 nitrogen and oxygen atoms in total. The topological polar surface area (TPSA) is 38.0 Å². The molecular weight excluding hydrogens is 224 g/mol. The van der Waals surface area contributed by atoms with Crippen LogP contribution in [0.15, 0.2) is 24.3 Å². The molecular formula is C15H20N2O. The number of rotatable bonds is 3. The molecule has 0 fully saturated rings.